The van der Waals surface area contributed by atoms with Crippen molar-refractivity contribution in [3.8, 4) is 0 Å². The quantitative estimate of drug-likeness (QED) is 0.636. The number of thiazole rings is 2. The number of aryl methyl sites for hydroxylation is 1. The highest BCUT2D eigenvalue weighted by atomic mass is 32.2. The summed E-state index contributed by atoms with van der Waals surface area (Å²) >= 11 is 2.89. The third kappa shape index (κ3) is 3.20. The summed E-state index contributed by atoms with van der Waals surface area (Å²) in [5, 5.41) is 1.30. The topological polar surface area (TPSA) is 75.2 Å². The molecule has 2 heterocycles. The van der Waals surface area contributed by atoms with Crippen molar-refractivity contribution in [1.82, 2.24) is 14.3 Å². The minimum absolute atomic E-state index is 0.199. The molecule has 0 saturated heterocycles. The molecule has 0 spiro atoms. The monoisotopic (exact) mass is 380 g/mol. The first kappa shape index (κ1) is 17.0. The summed E-state index contributed by atoms with van der Waals surface area (Å²) in [5.74, 6) is 0. The molecule has 1 N–H and O–H groups in total. The van der Waals surface area contributed by atoms with Crippen molar-refractivity contribution in [1.29, 1.82) is 0 Å². The van der Waals surface area contributed by atoms with Crippen LogP contribution in [0.3, 0.4) is 0 Å². The van der Waals surface area contributed by atoms with Gasteiger partial charge in [-0.3, -0.25) is 0 Å². The number of hydrogen-bond acceptors (Lipinski definition) is 6. The molecule has 3 aromatic rings. The second-order valence-corrected chi connectivity index (χ2v) is 8.89. The van der Waals surface area contributed by atoms with Crippen LogP contribution in [-0.2, 0) is 10.2 Å². The summed E-state index contributed by atoms with van der Waals surface area (Å²) in [6.07, 6.45) is 3.06. The molecule has 126 valence electrons. The molecule has 0 unspecified atom stereocenters. The Labute approximate surface area is 148 Å². The predicted octanol–water partition coefficient (Wildman–Crippen LogP) is 3.55. The molecular weight excluding hydrogens is 364 g/mol. The molecule has 2 aromatic heterocycles. The lowest BCUT2D eigenvalue weighted by Gasteiger charge is -2.18. The Morgan fingerprint density at radius 2 is 1.71 bits per heavy atom. The molecule has 9 heteroatoms. The third-order valence-corrected chi connectivity index (χ3v) is 6.94. The summed E-state index contributed by atoms with van der Waals surface area (Å²) in [7, 11) is -3.72. The molecule has 0 amide bonds. The maximum Gasteiger partial charge on any atom is 0.303 e. The first-order valence-electron chi connectivity index (χ1n) is 7.11. The average Bonchev–Trinajstić information content (AvgIpc) is 3.08. The van der Waals surface area contributed by atoms with Crippen LogP contribution in [0.5, 0.6) is 0 Å². The van der Waals surface area contributed by atoms with Crippen LogP contribution in [0.1, 0.15) is 5.01 Å². The molecule has 0 fully saturated rings. The fraction of sp³-hybridized carbons (Fsp3) is 0.200. The van der Waals surface area contributed by atoms with Gasteiger partial charge in [0.2, 0.25) is 0 Å². The van der Waals surface area contributed by atoms with Crippen LogP contribution in [-0.4, -0.2) is 35.8 Å². The van der Waals surface area contributed by atoms with Gasteiger partial charge in [0, 0.05) is 13.1 Å². The molecule has 0 aliphatic carbocycles. The van der Waals surface area contributed by atoms with Crippen LogP contribution in [0.2, 0.25) is 0 Å². The lowest BCUT2D eigenvalue weighted by Crippen LogP contribution is -2.36. The average molecular weight is 381 g/mol. The molecule has 0 aliphatic rings. The number of fused-ring (bicyclic) bond motifs is 3. The van der Waals surface area contributed by atoms with E-state index in [9.17, 15) is 8.42 Å². The Hall–Kier alpha value is -1.81. The van der Waals surface area contributed by atoms with Gasteiger partial charge in [-0.05, 0) is 19.1 Å². The minimum Gasteiger partial charge on any atom is -0.246 e. The second-order valence-electron chi connectivity index (χ2n) is 5.02. The van der Waals surface area contributed by atoms with Gasteiger partial charge in [0.1, 0.15) is 0 Å². The van der Waals surface area contributed by atoms with E-state index in [1.54, 1.807) is 11.3 Å². The van der Waals surface area contributed by atoms with E-state index in [2.05, 4.69) is 27.8 Å². The molecule has 0 bridgehead atoms. The van der Waals surface area contributed by atoms with Gasteiger partial charge < -0.3 is 0 Å². The van der Waals surface area contributed by atoms with Gasteiger partial charge in [0.05, 0.1) is 25.4 Å². The number of aromatic nitrogens is 2. The van der Waals surface area contributed by atoms with E-state index in [1.807, 2.05) is 19.1 Å². The van der Waals surface area contributed by atoms with E-state index < -0.39 is 10.2 Å². The molecular formula is C15H16N4O2S3. The van der Waals surface area contributed by atoms with E-state index in [4.69, 9.17) is 0 Å². The highest BCUT2D eigenvalue weighted by Crippen LogP contribution is 2.36. The van der Waals surface area contributed by atoms with Gasteiger partial charge in [0.25, 0.3) is 0 Å². The Morgan fingerprint density at radius 1 is 1.12 bits per heavy atom. The molecule has 0 saturated carbocycles. The van der Waals surface area contributed by atoms with Gasteiger partial charge in [-0.15, -0.1) is 24.5 Å². The maximum atomic E-state index is 12.5. The molecule has 0 atom stereocenters. The van der Waals surface area contributed by atoms with Crippen molar-refractivity contribution in [3.05, 3.63) is 42.5 Å². The van der Waals surface area contributed by atoms with Crippen molar-refractivity contribution in [2.24, 2.45) is 0 Å². The van der Waals surface area contributed by atoms with E-state index in [1.165, 1.54) is 27.8 Å². The molecule has 0 radical (unpaired) electrons. The largest absolute Gasteiger partial charge is 0.303 e. The fourth-order valence-corrected chi connectivity index (χ4v) is 5.60. The molecule has 3 rings (SSSR count). The molecule has 6 nitrogen and oxygen atoms in total. The Morgan fingerprint density at radius 3 is 2.33 bits per heavy atom. The highest BCUT2D eigenvalue weighted by molar-refractivity contribution is 7.90. The molecule has 24 heavy (non-hydrogen) atoms. The third-order valence-electron chi connectivity index (χ3n) is 3.24. The fourth-order valence-electron chi connectivity index (χ4n) is 2.26. The smallest absolute Gasteiger partial charge is 0.246 e. The first-order valence-corrected chi connectivity index (χ1v) is 10.2. The van der Waals surface area contributed by atoms with Crippen LogP contribution >= 0.6 is 22.7 Å². The lowest BCUT2D eigenvalue weighted by molar-refractivity contribution is 0.479. The summed E-state index contributed by atoms with van der Waals surface area (Å²) in [6.45, 7) is 9.52. The van der Waals surface area contributed by atoms with Gasteiger partial charge in [-0.25, -0.2) is 14.7 Å². The molecule has 1 aromatic carbocycles. The summed E-state index contributed by atoms with van der Waals surface area (Å²) in [4.78, 5) is 8.84. The Balaban J connectivity index is 1.98. The van der Waals surface area contributed by atoms with Crippen LogP contribution in [0.25, 0.3) is 20.4 Å². The van der Waals surface area contributed by atoms with Crippen molar-refractivity contribution >= 4 is 58.4 Å². The number of anilines is 1. The summed E-state index contributed by atoms with van der Waals surface area (Å²) in [5.41, 5.74) is 1.66. The zero-order valence-electron chi connectivity index (χ0n) is 13.0. The second kappa shape index (κ2) is 6.60. The van der Waals surface area contributed by atoms with E-state index in [-0.39, 0.29) is 13.1 Å². The zero-order valence-corrected chi connectivity index (χ0v) is 15.5. The standard InChI is InChI=1S/C15H16N4O2S3/c1-4-8-19(9-5-2)24(20,21)18-15-17-12-7-6-11-13(14(12)23-15)22-10(3)16-11/h4-7H,1-2,8-9H2,3H3,(H,17,18). The highest BCUT2D eigenvalue weighted by Gasteiger charge is 2.21. The Bertz CT molecular complexity index is 1010. The van der Waals surface area contributed by atoms with Gasteiger partial charge in [-0.1, -0.05) is 23.5 Å². The summed E-state index contributed by atoms with van der Waals surface area (Å²) in [6, 6.07) is 3.76. The lowest BCUT2D eigenvalue weighted by atomic mass is 10.3. The van der Waals surface area contributed by atoms with Gasteiger partial charge in [-0.2, -0.15) is 12.7 Å². The maximum absolute atomic E-state index is 12.5. The minimum atomic E-state index is -3.72. The number of nitrogens with one attached hydrogen (secondary N) is 1. The zero-order chi connectivity index (χ0) is 17.3. The number of nitrogens with zero attached hydrogens (tertiary/aromatic N) is 3. The predicted molar refractivity (Wildman–Crippen MR) is 102 cm³/mol. The van der Waals surface area contributed by atoms with Crippen LogP contribution < -0.4 is 4.72 Å². The summed E-state index contributed by atoms with van der Waals surface area (Å²) < 4.78 is 30.8. The van der Waals surface area contributed by atoms with Crippen LogP contribution in [0.15, 0.2) is 37.4 Å². The SMILES string of the molecule is C=CCN(CC=C)S(=O)(=O)Nc1nc2ccc3nc(C)sc3c2s1. The number of benzene rings is 1. The van der Waals surface area contributed by atoms with Gasteiger partial charge in [0.15, 0.2) is 5.13 Å². The molecule has 0 aliphatic heterocycles. The number of hydrogen-bond donors (Lipinski definition) is 1. The first-order chi connectivity index (χ1) is 11.4. The Kier molecular flexibility index (Phi) is 4.68. The normalized spacial score (nSPS) is 12.1. The van der Waals surface area contributed by atoms with Crippen molar-refractivity contribution in [2.45, 2.75) is 6.92 Å². The van der Waals surface area contributed by atoms with Crippen LogP contribution in [0, 0.1) is 6.92 Å². The van der Waals surface area contributed by atoms with Crippen molar-refractivity contribution in [2.75, 3.05) is 17.8 Å². The van der Waals surface area contributed by atoms with E-state index in [0.29, 0.717) is 5.13 Å². The van der Waals surface area contributed by atoms with Gasteiger partial charge >= 0.3 is 10.2 Å². The van der Waals surface area contributed by atoms with Crippen molar-refractivity contribution in [3.63, 3.8) is 0 Å². The van der Waals surface area contributed by atoms with E-state index >= 15 is 0 Å². The van der Waals surface area contributed by atoms with Crippen LogP contribution in [0.4, 0.5) is 5.13 Å². The van der Waals surface area contributed by atoms with Crippen molar-refractivity contribution < 1.29 is 8.42 Å². The number of rotatable bonds is 7. The van der Waals surface area contributed by atoms with E-state index in [0.717, 1.165) is 25.4 Å².